The van der Waals surface area contributed by atoms with Crippen molar-refractivity contribution in [2.75, 3.05) is 11.9 Å². The van der Waals surface area contributed by atoms with Gasteiger partial charge in [0.25, 0.3) is 0 Å². The fourth-order valence-corrected chi connectivity index (χ4v) is 3.56. The summed E-state index contributed by atoms with van der Waals surface area (Å²) in [5, 5.41) is 25.4. The van der Waals surface area contributed by atoms with Crippen LogP contribution in [-0.4, -0.2) is 39.9 Å². The summed E-state index contributed by atoms with van der Waals surface area (Å²) in [6.45, 7) is 2.08. The quantitative estimate of drug-likeness (QED) is 0.441. The summed E-state index contributed by atoms with van der Waals surface area (Å²) >= 11 is 0. The maximum absolute atomic E-state index is 12.4. The lowest BCUT2D eigenvalue weighted by molar-refractivity contribution is -0.583. The van der Waals surface area contributed by atoms with Crippen molar-refractivity contribution < 1.29 is 35.6 Å². The van der Waals surface area contributed by atoms with Crippen LogP contribution in [0.4, 0.5) is 11.5 Å². The van der Waals surface area contributed by atoms with E-state index in [4.69, 9.17) is 5.11 Å². The number of aliphatic carboxylic acids is 1. The van der Waals surface area contributed by atoms with Crippen molar-refractivity contribution in [3.8, 4) is 17.0 Å². The average molecular weight is 403 g/mol. The number of carboxylic acid groups (broad SMARTS) is 1. The van der Waals surface area contributed by atoms with Gasteiger partial charge in [-0.25, -0.2) is 4.79 Å². The standard InChI is InChI=1S/C19H22N4O6/c1-9(24)13-4-5-21-18-12(22-17(27)3-2-11(20)19(28)29)6-10-7-15(25)16(26)8-14(10)23(13)18/h6-8,11,13,21,25H,2-5,20H2,1H3,(H,22,27)(H,28,29)/p+1. The van der Waals surface area contributed by atoms with Gasteiger partial charge in [-0.1, -0.05) is 11.8 Å². The molecule has 2 atom stereocenters. The van der Waals surface area contributed by atoms with Crippen molar-refractivity contribution in [1.82, 2.24) is 4.57 Å². The molecule has 2 unspecified atom stereocenters. The molecule has 3 rings (SSSR count). The summed E-state index contributed by atoms with van der Waals surface area (Å²) in [4.78, 5) is 47.4. The molecule has 2 aliphatic heterocycles. The number of carbonyl (C=O) groups excluding carboxylic acids is 2. The van der Waals surface area contributed by atoms with Crippen molar-refractivity contribution in [3.63, 3.8) is 0 Å². The number of fused-ring (bicyclic) bond motifs is 3. The number of hydrogen-bond donors (Lipinski definition) is 4. The Bertz CT molecular complexity index is 1010. The number of ketones is 1. The Morgan fingerprint density at radius 1 is 1.38 bits per heavy atom. The van der Waals surface area contributed by atoms with E-state index in [0.717, 1.165) is 0 Å². The van der Waals surface area contributed by atoms with Crippen molar-refractivity contribution in [1.29, 1.82) is 0 Å². The highest BCUT2D eigenvalue weighted by Gasteiger charge is 2.32. The topological polar surface area (TPSA) is 173 Å². The summed E-state index contributed by atoms with van der Waals surface area (Å²) in [6.07, 6.45) is 0.586. The number of carboxylic acids is 1. The molecule has 10 heteroatoms. The fraction of sp³-hybridized carbons (Fsp3) is 0.368. The number of Topliss-reactive ketones (excluding diaryl/α,β-unsaturated/α-hetero) is 1. The number of quaternary nitrogens is 2. The van der Waals surface area contributed by atoms with Crippen LogP contribution in [0.3, 0.4) is 0 Å². The first-order valence-corrected chi connectivity index (χ1v) is 9.28. The Balaban J connectivity index is 2.04. The van der Waals surface area contributed by atoms with E-state index >= 15 is 0 Å². The second-order valence-electron chi connectivity index (χ2n) is 7.20. The van der Waals surface area contributed by atoms with E-state index in [1.165, 1.54) is 19.1 Å². The van der Waals surface area contributed by atoms with Crippen LogP contribution in [-0.2, 0) is 14.4 Å². The van der Waals surface area contributed by atoms with Gasteiger partial charge in [0.05, 0.1) is 12.2 Å². The molecule has 0 saturated carbocycles. The van der Waals surface area contributed by atoms with E-state index < -0.39 is 35.1 Å². The molecule has 10 nitrogen and oxygen atoms in total. The zero-order chi connectivity index (χ0) is 21.3. The van der Waals surface area contributed by atoms with Crippen LogP contribution in [0.15, 0.2) is 23.0 Å². The minimum atomic E-state index is -1.08. The summed E-state index contributed by atoms with van der Waals surface area (Å²) in [6, 6.07) is 2.61. The first kappa shape index (κ1) is 20.5. The number of anilines is 1. The van der Waals surface area contributed by atoms with E-state index in [9.17, 15) is 24.3 Å². The number of nitrogens with zero attached hydrogens (tertiary/aromatic N) is 1. The molecule has 2 heterocycles. The van der Waals surface area contributed by atoms with E-state index in [-0.39, 0.29) is 18.6 Å². The van der Waals surface area contributed by atoms with Crippen LogP contribution in [0.25, 0.3) is 11.3 Å². The summed E-state index contributed by atoms with van der Waals surface area (Å²) < 4.78 is 1.69. The Morgan fingerprint density at radius 3 is 2.76 bits per heavy atom. The van der Waals surface area contributed by atoms with Crippen molar-refractivity contribution in [2.24, 2.45) is 0 Å². The Morgan fingerprint density at radius 2 is 2.10 bits per heavy atom. The molecule has 29 heavy (non-hydrogen) atoms. The first-order chi connectivity index (χ1) is 13.7. The molecular weight excluding hydrogens is 380 g/mol. The number of carbonyl (C=O) groups is 3. The van der Waals surface area contributed by atoms with E-state index in [0.29, 0.717) is 35.7 Å². The van der Waals surface area contributed by atoms with Gasteiger partial charge in [-0.2, -0.15) is 0 Å². The third-order valence-electron chi connectivity index (χ3n) is 5.09. The second-order valence-corrected chi connectivity index (χ2v) is 7.20. The van der Waals surface area contributed by atoms with Gasteiger partial charge >= 0.3 is 5.97 Å². The van der Waals surface area contributed by atoms with Gasteiger partial charge in [0, 0.05) is 30.9 Å². The van der Waals surface area contributed by atoms with Gasteiger partial charge in [-0.3, -0.25) is 24.3 Å². The molecule has 1 aliphatic carbocycles. The Hall–Kier alpha value is -3.24. The number of benzene rings is 1. The van der Waals surface area contributed by atoms with Crippen molar-refractivity contribution >= 4 is 29.2 Å². The van der Waals surface area contributed by atoms with E-state index in [1.807, 2.05) is 5.32 Å². The number of pyridine rings is 1. The SMILES string of the molecule is CC(=O)C1CC[NH2+]c2c(NC(=O)CCC([NH3+])C(=O)O)cc3cc([O-])c(=O)cc-3n21. The number of nitrogens with one attached hydrogen (secondary N) is 1. The molecule has 1 amide bonds. The van der Waals surface area contributed by atoms with Crippen LogP contribution in [0.2, 0.25) is 0 Å². The lowest BCUT2D eigenvalue weighted by Gasteiger charge is -2.30. The van der Waals surface area contributed by atoms with Gasteiger partial charge in [0.2, 0.25) is 11.7 Å². The van der Waals surface area contributed by atoms with Crippen LogP contribution < -0.4 is 26.9 Å². The molecule has 0 saturated heterocycles. The summed E-state index contributed by atoms with van der Waals surface area (Å²) in [7, 11) is 0. The van der Waals surface area contributed by atoms with E-state index in [2.05, 4.69) is 11.1 Å². The molecular formula is C19H23N4O6+. The maximum Gasteiger partial charge on any atom is 0.362 e. The highest BCUT2D eigenvalue weighted by molar-refractivity contribution is 5.95. The lowest BCUT2D eigenvalue weighted by Crippen LogP contribution is -2.81. The van der Waals surface area contributed by atoms with Gasteiger partial charge in [0.1, 0.15) is 11.7 Å². The van der Waals surface area contributed by atoms with Crippen LogP contribution in [0.1, 0.15) is 32.2 Å². The normalized spacial score (nSPS) is 16.8. The molecule has 0 aromatic heterocycles. The van der Waals surface area contributed by atoms with Crippen LogP contribution >= 0.6 is 0 Å². The number of aromatic nitrogens is 1. The molecule has 0 fully saturated rings. The predicted octanol–water partition coefficient (Wildman–Crippen LogP) is -1.83. The molecule has 0 spiro atoms. The third-order valence-corrected chi connectivity index (χ3v) is 5.09. The fourth-order valence-electron chi connectivity index (χ4n) is 3.56. The molecule has 0 aromatic rings. The van der Waals surface area contributed by atoms with Crippen molar-refractivity contribution in [2.45, 2.75) is 38.3 Å². The molecule has 0 aromatic carbocycles. The molecule has 7 N–H and O–H groups in total. The largest absolute Gasteiger partial charge is 0.870 e. The van der Waals surface area contributed by atoms with Crippen LogP contribution in [0.5, 0.6) is 5.75 Å². The van der Waals surface area contributed by atoms with Gasteiger partial charge in [-0.15, -0.1) is 0 Å². The second kappa shape index (κ2) is 8.02. The predicted molar refractivity (Wildman–Crippen MR) is 99.7 cm³/mol. The maximum atomic E-state index is 12.4. The van der Waals surface area contributed by atoms with Crippen molar-refractivity contribution in [3.05, 3.63) is 28.4 Å². The average Bonchev–Trinajstić information content (AvgIpc) is 2.67. The summed E-state index contributed by atoms with van der Waals surface area (Å²) in [5.74, 6) is -1.65. The van der Waals surface area contributed by atoms with Gasteiger partial charge in [0.15, 0.2) is 17.3 Å². The zero-order valence-corrected chi connectivity index (χ0v) is 15.9. The Kier molecular flexibility index (Phi) is 5.66. The van der Waals surface area contributed by atoms with Crippen LogP contribution in [0, 0.1) is 0 Å². The zero-order valence-electron chi connectivity index (χ0n) is 15.9. The smallest absolute Gasteiger partial charge is 0.362 e. The highest BCUT2D eigenvalue weighted by atomic mass is 16.4. The summed E-state index contributed by atoms with van der Waals surface area (Å²) in [5.41, 5.74) is 4.13. The minimum absolute atomic E-state index is 0.0413. The first-order valence-electron chi connectivity index (χ1n) is 9.28. The number of rotatable bonds is 6. The molecule has 154 valence electrons. The molecule has 0 bridgehead atoms. The molecule has 0 radical (unpaired) electrons. The highest BCUT2D eigenvalue weighted by Crippen LogP contribution is 2.36. The van der Waals surface area contributed by atoms with Gasteiger partial charge in [-0.05, 0) is 13.0 Å². The number of hydrogen-bond acceptors (Lipinski definition) is 5. The third kappa shape index (κ3) is 4.13. The van der Waals surface area contributed by atoms with Gasteiger partial charge < -0.3 is 21.3 Å². The van der Waals surface area contributed by atoms with E-state index in [1.54, 1.807) is 10.6 Å². The monoisotopic (exact) mass is 403 g/mol. The molecule has 3 aliphatic rings. The lowest BCUT2D eigenvalue weighted by atomic mass is 10.0. The Labute approximate surface area is 165 Å². The minimum Gasteiger partial charge on any atom is -0.870 e. The number of amides is 1. The number of nitrogens with two attached hydrogens (primary N) is 1.